The van der Waals surface area contributed by atoms with Gasteiger partial charge in [-0.25, -0.2) is 18.5 Å². The SMILES string of the molecule is Cc1cccc(-c2ccc(-c3cc4cnc(N(c5ccccc5)C5COC5)nc4n(CCCS(N)(=O)=O)c3=O)c(C)c2)n1. The highest BCUT2D eigenvalue weighted by Crippen LogP contribution is 2.31. The summed E-state index contributed by atoms with van der Waals surface area (Å²) in [7, 11) is -3.70. The number of ether oxygens (including phenoxy) is 1. The van der Waals surface area contributed by atoms with Crippen LogP contribution in [0, 0.1) is 13.8 Å². The first kappa shape index (κ1) is 28.7. The van der Waals surface area contributed by atoms with Crippen molar-refractivity contribution in [1.82, 2.24) is 19.5 Å². The minimum Gasteiger partial charge on any atom is -0.377 e. The summed E-state index contributed by atoms with van der Waals surface area (Å²) in [6.07, 6.45) is 1.87. The average Bonchev–Trinajstić information content (AvgIpc) is 2.95. The summed E-state index contributed by atoms with van der Waals surface area (Å²) < 4.78 is 30.5. The molecule has 0 unspecified atom stereocenters. The van der Waals surface area contributed by atoms with Gasteiger partial charge in [-0.1, -0.05) is 36.4 Å². The number of hydrogen-bond donors (Lipinski definition) is 1. The Kier molecular flexibility index (Phi) is 7.78. The Morgan fingerprint density at radius 1 is 0.977 bits per heavy atom. The molecule has 11 heteroatoms. The lowest BCUT2D eigenvalue weighted by molar-refractivity contribution is 0.0118. The van der Waals surface area contributed by atoms with Gasteiger partial charge >= 0.3 is 0 Å². The summed E-state index contributed by atoms with van der Waals surface area (Å²) in [4.78, 5) is 30.4. The summed E-state index contributed by atoms with van der Waals surface area (Å²) in [5, 5.41) is 5.94. The Bertz CT molecular complexity index is 1970. The van der Waals surface area contributed by atoms with E-state index in [-0.39, 0.29) is 30.3 Å². The molecule has 2 N–H and O–H groups in total. The van der Waals surface area contributed by atoms with Crippen LogP contribution in [0.5, 0.6) is 0 Å². The normalized spacial score (nSPS) is 13.7. The highest BCUT2D eigenvalue weighted by molar-refractivity contribution is 7.89. The molecule has 0 spiro atoms. The number of aryl methyl sites for hydroxylation is 3. The number of fused-ring (bicyclic) bond motifs is 1. The summed E-state index contributed by atoms with van der Waals surface area (Å²) in [6, 6.07) is 23.4. The highest BCUT2D eigenvalue weighted by Gasteiger charge is 2.30. The van der Waals surface area contributed by atoms with E-state index >= 15 is 0 Å². The molecule has 1 saturated heterocycles. The molecule has 10 nitrogen and oxygen atoms in total. The minimum absolute atomic E-state index is 0.0470. The second-order valence-electron chi connectivity index (χ2n) is 10.8. The lowest BCUT2D eigenvalue weighted by Gasteiger charge is -2.37. The van der Waals surface area contributed by atoms with Crippen LogP contribution < -0.4 is 15.6 Å². The molecule has 0 saturated carbocycles. The van der Waals surface area contributed by atoms with Crippen molar-refractivity contribution in [2.24, 2.45) is 5.14 Å². The zero-order valence-corrected chi connectivity index (χ0v) is 24.8. The Morgan fingerprint density at radius 2 is 1.77 bits per heavy atom. The van der Waals surface area contributed by atoms with Crippen LogP contribution in [0.2, 0.25) is 0 Å². The molecule has 0 amide bonds. The highest BCUT2D eigenvalue weighted by atomic mass is 32.2. The molecular formula is C32H32N6O4S. The first-order valence-electron chi connectivity index (χ1n) is 14.1. The molecule has 1 aliphatic heterocycles. The van der Waals surface area contributed by atoms with E-state index in [1.807, 2.05) is 91.5 Å². The van der Waals surface area contributed by atoms with E-state index in [0.29, 0.717) is 35.8 Å². The van der Waals surface area contributed by atoms with E-state index in [4.69, 9.17) is 19.8 Å². The predicted molar refractivity (Wildman–Crippen MR) is 168 cm³/mol. The fourth-order valence-corrected chi connectivity index (χ4v) is 5.90. The summed E-state index contributed by atoms with van der Waals surface area (Å²) in [5.74, 6) is 0.182. The monoisotopic (exact) mass is 596 g/mol. The van der Waals surface area contributed by atoms with E-state index in [1.54, 1.807) is 6.20 Å². The van der Waals surface area contributed by atoms with Gasteiger partial charge in [0.25, 0.3) is 5.56 Å². The van der Waals surface area contributed by atoms with Crippen molar-refractivity contribution >= 4 is 32.7 Å². The van der Waals surface area contributed by atoms with E-state index in [2.05, 4.69) is 4.98 Å². The van der Waals surface area contributed by atoms with Gasteiger partial charge in [-0.3, -0.25) is 14.3 Å². The van der Waals surface area contributed by atoms with Gasteiger partial charge in [-0.2, -0.15) is 4.98 Å². The van der Waals surface area contributed by atoms with Crippen molar-refractivity contribution in [3.63, 3.8) is 0 Å². The third kappa shape index (κ3) is 6.05. The van der Waals surface area contributed by atoms with Gasteiger partial charge < -0.3 is 9.64 Å². The van der Waals surface area contributed by atoms with Crippen LogP contribution in [0.3, 0.4) is 0 Å². The van der Waals surface area contributed by atoms with Crippen LogP contribution in [-0.2, 0) is 21.3 Å². The predicted octanol–water partition coefficient (Wildman–Crippen LogP) is 4.35. The number of sulfonamides is 1. The molecule has 2 aromatic carbocycles. The standard InChI is InChI=1S/C32H32N6O4S/c1-21-16-23(29-11-6-8-22(2)35-29)12-13-27(21)28-17-24-18-34-32(38(26-19-42-20-26)25-9-4-3-5-10-25)36-30(24)37(31(28)39)14-7-15-43(33,40)41/h3-6,8-13,16-18,26H,7,14-15,19-20H2,1-2H3,(H2,33,40,41). The van der Waals surface area contributed by atoms with Crippen molar-refractivity contribution in [2.75, 3.05) is 23.9 Å². The molecule has 43 heavy (non-hydrogen) atoms. The number of pyridine rings is 2. The van der Waals surface area contributed by atoms with Crippen LogP contribution >= 0.6 is 0 Å². The number of para-hydroxylation sites is 1. The largest absolute Gasteiger partial charge is 0.377 e. The molecule has 0 aliphatic carbocycles. The van der Waals surface area contributed by atoms with Crippen LogP contribution in [-0.4, -0.2) is 52.9 Å². The average molecular weight is 597 g/mol. The topological polar surface area (TPSA) is 133 Å². The second-order valence-corrected chi connectivity index (χ2v) is 12.5. The van der Waals surface area contributed by atoms with Crippen molar-refractivity contribution in [2.45, 2.75) is 32.9 Å². The molecule has 1 aliphatic rings. The third-order valence-electron chi connectivity index (χ3n) is 7.56. The first-order valence-corrected chi connectivity index (χ1v) is 15.8. The lowest BCUT2D eigenvalue weighted by Crippen LogP contribution is -2.47. The van der Waals surface area contributed by atoms with Crippen molar-refractivity contribution < 1.29 is 13.2 Å². The van der Waals surface area contributed by atoms with Crippen molar-refractivity contribution in [1.29, 1.82) is 0 Å². The fourth-order valence-electron chi connectivity index (χ4n) is 5.37. The van der Waals surface area contributed by atoms with E-state index in [0.717, 1.165) is 33.8 Å². The lowest BCUT2D eigenvalue weighted by atomic mass is 9.97. The number of primary sulfonamides is 1. The van der Waals surface area contributed by atoms with Crippen LogP contribution in [0.1, 0.15) is 17.7 Å². The van der Waals surface area contributed by atoms with Crippen LogP contribution in [0.15, 0.2) is 83.8 Å². The van der Waals surface area contributed by atoms with Gasteiger partial charge in [0.2, 0.25) is 16.0 Å². The molecular weight excluding hydrogens is 564 g/mol. The van der Waals surface area contributed by atoms with Crippen LogP contribution in [0.25, 0.3) is 33.4 Å². The van der Waals surface area contributed by atoms with Gasteiger partial charge in [-0.15, -0.1) is 0 Å². The second kappa shape index (κ2) is 11.7. The molecule has 6 rings (SSSR count). The zero-order valence-electron chi connectivity index (χ0n) is 24.0. The van der Waals surface area contributed by atoms with Gasteiger partial charge in [0.1, 0.15) is 5.65 Å². The summed E-state index contributed by atoms with van der Waals surface area (Å²) in [5.41, 5.74) is 5.95. The Morgan fingerprint density at radius 3 is 2.44 bits per heavy atom. The van der Waals surface area contributed by atoms with Gasteiger partial charge in [0.15, 0.2) is 0 Å². The Hall–Kier alpha value is -4.45. The molecule has 220 valence electrons. The molecule has 3 aromatic heterocycles. The zero-order chi connectivity index (χ0) is 30.1. The smallest absolute Gasteiger partial charge is 0.260 e. The van der Waals surface area contributed by atoms with Crippen LogP contribution in [0.4, 0.5) is 11.6 Å². The molecule has 1 fully saturated rings. The Labute approximate surface area is 249 Å². The number of hydrogen-bond acceptors (Lipinski definition) is 8. The summed E-state index contributed by atoms with van der Waals surface area (Å²) in [6.45, 7) is 5.10. The third-order valence-corrected chi connectivity index (χ3v) is 8.42. The van der Waals surface area contributed by atoms with Crippen molar-refractivity contribution in [3.8, 4) is 22.4 Å². The number of benzene rings is 2. The quantitative estimate of drug-likeness (QED) is 0.266. The van der Waals surface area contributed by atoms with Gasteiger partial charge in [-0.05, 0) is 67.8 Å². The van der Waals surface area contributed by atoms with E-state index < -0.39 is 10.0 Å². The number of nitrogens with two attached hydrogens (primary N) is 1. The van der Waals surface area contributed by atoms with Gasteiger partial charge in [0.05, 0.1) is 30.7 Å². The maximum Gasteiger partial charge on any atom is 0.260 e. The fraction of sp³-hybridized carbons (Fsp3) is 0.250. The molecule has 0 radical (unpaired) electrons. The number of rotatable bonds is 9. The first-order chi connectivity index (χ1) is 20.7. The van der Waals surface area contributed by atoms with E-state index in [9.17, 15) is 13.2 Å². The molecule has 5 aromatic rings. The summed E-state index contributed by atoms with van der Waals surface area (Å²) >= 11 is 0. The number of aromatic nitrogens is 4. The number of nitrogens with zero attached hydrogens (tertiary/aromatic N) is 5. The molecule has 0 bridgehead atoms. The number of anilines is 2. The maximum atomic E-state index is 14.1. The van der Waals surface area contributed by atoms with Crippen molar-refractivity contribution in [3.05, 3.63) is 101 Å². The maximum absolute atomic E-state index is 14.1. The Balaban J connectivity index is 1.47. The molecule has 0 atom stereocenters. The van der Waals surface area contributed by atoms with Gasteiger partial charge in [0, 0.05) is 40.6 Å². The molecule has 4 heterocycles. The van der Waals surface area contributed by atoms with E-state index in [1.165, 1.54) is 4.57 Å². The minimum atomic E-state index is -3.70.